The SMILES string of the molecule is COC(=O)c1c(NC(=O)c2ccc(Br)s2)sc2c1CCC(c1ccccc1)C2. The van der Waals surface area contributed by atoms with Crippen LogP contribution in [0.15, 0.2) is 46.3 Å². The first-order valence-corrected chi connectivity index (χ1v) is 11.3. The van der Waals surface area contributed by atoms with Gasteiger partial charge in [0.25, 0.3) is 5.91 Å². The molecule has 3 aromatic rings. The number of rotatable bonds is 4. The fourth-order valence-corrected chi connectivity index (χ4v) is 6.19. The molecular formula is C21H18BrNO3S2. The van der Waals surface area contributed by atoms with Gasteiger partial charge in [0.2, 0.25) is 0 Å². The van der Waals surface area contributed by atoms with Crippen LogP contribution in [0.3, 0.4) is 0 Å². The molecule has 0 radical (unpaired) electrons. The van der Waals surface area contributed by atoms with E-state index in [1.54, 1.807) is 6.07 Å². The van der Waals surface area contributed by atoms with Gasteiger partial charge in [0.15, 0.2) is 0 Å². The lowest BCUT2D eigenvalue weighted by atomic mass is 9.83. The number of nitrogens with one attached hydrogen (secondary N) is 1. The van der Waals surface area contributed by atoms with Crippen LogP contribution in [-0.2, 0) is 17.6 Å². The Balaban J connectivity index is 1.65. The third kappa shape index (κ3) is 3.79. The highest BCUT2D eigenvalue weighted by atomic mass is 79.9. The van der Waals surface area contributed by atoms with Crippen LogP contribution < -0.4 is 5.32 Å². The fourth-order valence-electron chi connectivity index (χ4n) is 3.60. The summed E-state index contributed by atoms with van der Waals surface area (Å²) in [6, 6.07) is 14.1. The topological polar surface area (TPSA) is 55.4 Å². The molecule has 1 unspecified atom stereocenters. The summed E-state index contributed by atoms with van der Waals surface area (Å²) in [6.07, 6.45) is 2.65. The maximum atomic E-state index is 12.6. The van der Waals surface area contributed by atoms with Crippen LogP contribution in [0.25, 0.3) is 0 Å². The summed E-state index contributed by atoms with van der Waals surface area (Å²) in [5.74, 6) is -0.174. The zero-order valence-electron chi connectivity index (χ0n) is 15.2. The lowest BCUT2D eigenvalue weighted by Gasteiger charge is -2.22. The van der Waals surface area contributed by atoms with Crippen molar-refractivity contribution in [3.05, 3.63) is 72.7 Å². The smallest absolute Gasteiger partial charge is 0.341 e. The second kappa shape index (κ2) is 8.19. The molecular weight excluding hydrogens is 458 g/mol. The second-order valence-corrected chi connectivity index (χ2v) is 10.2. The minimum absolute atomic E-state index is 0.209. The molecule has 1 aliphatic rings. The van der Waals surface area contributed by atoms with Crippen molar-refractivity contribution < 1.29 is 14.3 Å². The van der Waals surface area contributed by atoms with Crippen LogP contribution in [0.1, 0.15) is 48.4 Å². The Morgan fingerprint density at radius 3 is 2.61 bits per heavy atom. The predicted molar refractivity (Wildman–Crippen MR) is 117 cm³/mol. The number of carbonyl (C=O) groups is 2. The van der Waals surface area contributed by atoms with Crippen molar-refractivity contribution in [3.63, 3.8) is 0 Å². The van der Waals surface area contributed by atoms with E-state index in [-0.39, 0.29) is 5.91 Å². The number of benzene rings is 1. The Bertz CT molecular complexity index is 1030. The number of esters is 1. The molecule has 1 amide bonds. The van der Waals surface area contributed by atoms with Crippen molar-refractivity contribution in [1.29, 1.82) is 0 Å². The van der Waals surface area contributed by atoms with Crippen LogP contribution in [0, 0.1) is 0 Å². The van der Waals surface area contributed by atoms with Crippen molar-refractivity contribution in [2.45, 2.75) is 25.2 Å². The van der Waals surface area contributed by atoms with E-state index in [9.17, 15) is 9.59 Å². The van der Waals surface area contributed by atoms with Crippen LogP contribution in [-0.4, -0.2) is 19.0 Å². The van der Waals surface area contributed by atoms with Gasteiger partial charge in [-0.1, -0.05) is 30.3 Å². The Labute approximate surface area is 179 Å². The number of anilines is 1. The zero-order chi connectivity index (χ0) is 19.7. The van der Waals surface area contributed by atoms with E-state index in [2.05, 4.69) is 45.5 Å². The number of hydrogen-bond acceptors (Lipinski definition) is 5. The van der Waals surface area contributed by atoms with Gasteiger partial charge in [0, 0.05) is 4.88 Å². The van der Waals surface area contributed by atoms with Gasteiger partial charge >= 0.3 is 5.97 Å². The number of fused-ring (bicyclic) bond motifs is 1. The average Bonchev–Trinajstić information content (AvgIpc) is 3.30. The largest absolute Gasteiger partial charge is 0.465 e. The van der Waals surface area contributed by atoms with Crippen LogP contribution in [0.5, 0.6) is 0 Å². The number of carbonyl (C=O) groups excluding carboxylic acids is 2. The van der Waals surface area contributed by atoms with Crippen molar-refractivity contribution in [2.24, 2.45) is 0 Å². The van der Waals surface area contributed by atoms with Crippen molar-refractivity contribution in [3.8, 4) is 0 Å². The minimum Gasteiger partial charge on any atom is -0.465 e. The summed E-state index contributed by atoms with van der Waals surface area (Å²) >= 11 is 6.23. The molecule has 1 atom stereocenters. The van der Waals surface area contributed by atoms with Crippen molar-refractivity contribution in [2.75, 3.05) is 12.4 Å². The molecule has 144 valence electrons. The first-order valence-electron chi connectivity index (χ1n) is 8.91. The summed E-state index contributed by atoms with van der Waals surface area (Å²) in [7, 11) is 1.38. The molecule has 28 heavy (non-hydrogen) atoms. The lowest BCUT2D eigenvalue weighted by molar-refractivity contribution is 0.0601. The van der Waals surface area contributed by atoms with Gasteiger partial charge in [-0.3, -0.25) is 4.79 Å². The second-order valence-electron chi connectivity index (χ2n) is 6.61. The van der Waals surface area contributed by atoms with Crippen LogP contribution in [0.2, 0.25) is 0 Å². The predicted octanol–water partition coefficient (Wildman–Crippen LogP) is 5.88. The average molecular weight is 476 g/mol. The number of thiophene rings is 2. The van der Waals surface area contributed by atoms with E-state index >= 15 is 0 Å². The molecule has 0 fully saturated rings. The number of methoxy groups -OCH3 is 1. The molecule has 2 aromatic heterocycles. The molecule has 7 heteroatoms. The highest BCUT2D eigenvalue weighted by Gasteiger charge is 2.30. The molecule has 4 rings (SSSR count). The molecule has 2 heterocycles. The van der Waals surface area contributed by atoms with Crippen LogP contribution in [0.4, 0.5) is 5.00 Å². The lowest BCUT2D eigenvalue weighted by Crippen LogP contribution is -2.15. The van der Waals surface area contributed by atoms with Gasteiger partial charge in [-0.25, -0.2) is 4.79 Å². The molecule has 0 saturated heterocycles. The summed E-state index contributed by atoms with van der Waals surface area (Å²) in [5, 5.41) is 3.52. The summed E-state index contributed by atoms with van der Waals surface area (Å²) in [4.78, 5) is 26.8. The Morgan fingerprint density at radius 2 is 1.93 bits per heavy atom. The van der Waals surface area contributed by atoms with Gasteiger partial charge in [-0.15, -0.1) is 22.7 Å². The van der Waals surface area contributed by atoms with Crippen molar-refractivity contribution in [1.82, 2.24) is 0 Å². The number of ether oxygens (including phenoxy) is 1. The number of hydrogen-bond donors (Lipinski definition) is 1. The maximum absolute atomic E-state index is 12.6. The molecule has 0 bridgehead atoms. The molecule has 1 N–H and O–H groups in total. The number of amides is 1. The van der Waals surface area contributed by atoms with Gasteiger partial charge in [-0.05, 0) is 64.4 Å². The first kappa shape index (κ1) is 19.4. The first-order chi connectivity index (χ1) is 13.6. The third-order valence-corrected chi connectivity index (χ3v) is 7.74. The molecule has 1 aromatic carbocycles. The van der Waals surface area contributed by atoms with E-state index in [1.165, 1.54) is 35.3 Å². The van der Waals surface area contributed by atoms with Gasteiger partial charge in [0.1, 0.15) is 5.00 Å². The van der Waals surface area contributed by atoms with E-state index in [1.807, 2.05) is 12.1 Å². The standard InChI is InChI=1S/C21H18BrNO3S2/c1-26-21(25)18-14-8-7-13(12-5-3-2-4-6-12)11-16(14)28-20(18)23-19(24)15-9-10-17(22)27-15/h2-6,9-10,13H,7-8,11H2,1H3,(H,23,24). The molecule has 4 nitrogen and oxygen atoms in total. The number of halogens is 1. The summed E-state index contributed by atoms with van der Waals surface area (Å²) in [5.41, 5.74) is 2.85. The van der Waals surface area contributed by atoms with Crippen LogP contribution >= 0.6 is 38.6 Å². The van der Waals surface area contributed by atoms with E-state index < -0.39 is 5.97 Å². The zero-order valence-corrected chi connectivity index (χ0v) is 18.4. The fraction of sp³-hybridized carbons (Fsp3) is 0.238. The quantitative estimate of drug-likeness (QED) is 0.479. The van der Waals surface area contributed by atoms with Gasteiger partial charge in [0.05, 0.1) is 21.3 Å². The Morgan fingerprint density at radius 1 is 1.14 bits per heavy atom. The Hall–Kier alpha value is -1.96. The molecule has 0 saturated carbocycles. The highest BCUT2D eigenvalue weighted by Crippen LogP contribution is 2.43. The monoisotopic (exact) mass is 475 g/mol. The van der Waals surface area contributed by atoms with E-state index in [0.29, 0.717) is 21.4 Å². The molecule has 0 spiro atoms. The normalized spacial score (nSPS) is 15.7. The van der Waals surface area contributed by atoms with Gasteiger partial charge < -0.3 is 10.1 Å². The van der Waals surface area contributed by atoms with E-state index in [4.69, 9.17) is 4.74 Å². The Kier molecular flexibility index (Phi) is 5.66. The highest BCUT2D eigenvalue weighted by molar-refractivity contribution is 9.11. The van der Waals surface area contributed by atoms with E-state index in [0.717, 1.165) is 33.5 Å². The van der Waals surface area contributed by atoms with Crippen molar-refractivity contribution >= 4 is 55.5 Å². The maximum Gasteiger partial charge on any atom is 0.341 e. The van der Waals surface area contributed by atoms with Gasteiger partial charge in [-0.2, -0.15) is 0 Å². The molecule has 0 aliphatic heterocycles. The third-order valence-electron chi connectivity index (χ3n) is 4.95. The molecule has 1 aliphatic carbocycles. The summed E-state index contributed by atoms with van der Waals surface area (Å²) in [6.45, 7) is 0. The summed E-state index contributed by atoms with van der Waals surface area (Å²) < 4.78 is 5.91. The minimum atomic E-state index is -0.390.